The van der Waals surface area contributed by atoms with Crippen molar-refractivity contribution in [3.63, 3.8) is 0 Å². The maximum absolute atomic E-state index is 13.0. The summed E-state index contributed by atoms with van der Waals surface area (Å²) in [5.74, 6) is -0.772. The van der Waals surface area contributed by atoms with Crippen LogP contribution in [0.25, 0.3) is 0 Å². The normalized spacial score (nSPS) is 21.6. The molecule has 4 unspecified atom stereocenters. The van der Waals surface area contributed by atoms with Gasteiger partial charge in [-0.2, -0.15) is 0 Å². The summed E-state index contributed by atoms with van der Waals surface area (Å²) >= 11 is 6.82. The quantitative estimate of drug-likeness (QED) is 0.0954. The fourth-order valence-corrected chi connectivity index (χ4v) is 6.60. The molecule has 1 fully saturated rings. The van der Waals surface area contributed by atoms with Crippen LogP contribution in [-0.4, -0.2) is 44.4 Å². The molecule has 0 N–H and O–H groups in total. The minimum atomic E-state index is -1.58. The molecule has 0 aromatic heterocycles. The number of hydrogen-bond donors (Lipinski definition) is 0. The van der Waals surface area contributed by atoms with E-state index in [9.17, 15) is 4.79 Å². The zero-order valence-corrected chi connectivity index (χ0v) is 29.6. The lowest BCUT2D eigenvalue weighted by atomic mass is 9.86. The van der Waals surface area contributed by atoms with E-state index in [1.54, 1.807) is 7.11 Å². The second kappa shape index (κ2) is 17.7. The van der Waals surface area contributed by atoms with Gasteiger partial charge in [-0.3, -0.25) is 0 Å². The molecule has 0 aliphatic carbocycles. The molecule has 6 rings (SSSR count). The van der Waals surface area contributed by atoms with Gasteiger partial charge in [0, 0.05) is 17.7 Å². The predicted octanol–water partition coefficient (Wildman–Crippen LogP) is 8.48. The fraction of sp³-hybridized carbons (Fsp3) is 0.279. The Morgan fingerprint density at radius 2 is 1.24 bits per heavy atom. The van der Waals surface area contributed by atoms with Crippen LogP contribution in [0.5, 0.6) is 5.75 Å². The summed E-state index contributed by atoms with van der Waals surface area (Å²) in [7, 11) is 1.56. The van der Waals surface area contributed by atoms with Crippen LogP contribution < -0.4 is 4.74 Å². The van der Waals surface area contributed by atoms with Crippen LogP contribution in [0.2, 0.25) is 5.02 Å². The van der Waals surface area contributed by atoms with E-state index in [4.69, 9.17) is 40.0 Å². The molecule has 1 heterocycles. The summed E-state index contributed by atoms with van der Waals surface area (Å²) in [5.41, 5.74) is 5.40. The Labute approximate surface area is 305 Å². The number of carbonyl (C=O) groups excluding carboxylic acids is 1. The molecule has 1 aliphatic heterocycles. The van der Waals surface area contributed by atoms with Gasteiger partial charge in [-0.1, -0.05) is 121 Å². The van der Waals surface area contributed by atoms with Gasteiger partial charge in [-0.05, 0) is 65.4 Å². The van der Waals surface area contributed by atoms with Crippen LogP contribution >= 0.6 is 11.6 Å². The van der Waals surface area contributed by atoms with Crippen LogP contribution in [0.15, 0.2) is 133 Å². The Hall–Kier alpha value is -4.34. The molecule has 0 saturated carbocycles. The van der Waals surface area contributed by atoms with E-state index in [0.717, 1.165) is 39.9 Å². The van der Waals surface area contributed by atoms with E-state index in [2.05, 4.69) is 0 Å². The van der Waals surface area contributed by atoms with E-state index in [0.29, 0.717) is 23.6 Å². The third-order valence-corrected chi connectivity index (χ3v) is 9.36. The van der Waals surface area contributed by atoms with E-state index >= 15 is 0 Å². The molecular weight excluding hydrogens is 664 g/mol. The summed E-state index contributed by atoms with van der Waals surface area (Å²) < 4.78 is 38.9. The van der Waals surface area contributed by atoms with Gasteiger partial charge in [0.25, 0.3) is 0 Å². The topological polar surface area (TPSA) is 72.5 Å². The smallest absolute Gasteiger partial charge is 0.225 e. The van der Waals surface area contributed by atoms with Crippen molar-refractivity contribution in [2.24, 2.45) is 0 Å². The molecule has 51 heavy (non-hydrogen) atoms. The molecule has 0 amide bonds. The Morgan fingerprint density at radius 1 is 0.686 bits per heavy atom. The highest BCUT2D eigenvalue weighted by Crippen LogP contribution is 2.44. The number of aldehydes is 1. The lowest BCUT2D eigenvalue weighted by Crippen LogP contribution is -2.65. The number of benzene rings is 5. The van der Waals surface area contributed by atoms with E-state index in [-0.39, 0.29) is 19.8 Å². The molecular formula is C43H43ClO7. The Kier molecular flexibility index (Phi) is 12.7. The number of ether oxygens (including phenoxy) is 6. The average molecular weight is 707 g/mol. The first kappa shape index (κ1) is 36.5. The summed E-state index contributed by atoms with van der Waals surface area (Å²) in [6.07, 6.45) is -2.27. The van der Waals surface area contributed by atoms with Crippen molar-refractivity contribution in [2.75, 3.05) is 13.7 Å². The fourth-order valence-electron chi connectivity index (χ4n) is 6.42. The standard InChI is InChI=1S/C43H43ClO7/c1-3-47-37-22-19-31(20-23-37)25-35-26-36(21-24-38(35)44)43(46-2)42(50-30-34-17-11-6-12-18-34)41(49-29-33-15-9-5-10-16-33)40(39(27-45)51-43)48-28-32-13-7-4-8-14-32/h4-24,26-27,39-42H,3,25,28-30H2,1-2H3/t39?,40?,41?,42-,43?/m1/s1. The molecule has 1 aliphatic rings. The molecule has 5 aromatic rings. The highest BCUT2D eigenvalue weighted by molar-refractivity contribution is 6.31. The first-order chi connectivity index (χ1) is 25.0. The molecule has 5 atom stereocenters. The molecule has 264 valence electrons. The van der Waals surface area contributed by atoms with Gasteiger partial charge in [-0.15, -0.1) is 0 Å². The Balaban J connectivity index is 1.41. The van der Waals surface area contributed by atoms with Gasteiger partial charge in [-0.25, -0.2) is 0 Å². The van der Waals surface area contributed by atoms with Crippen molar-refractivity contribution in [1.82, 2.24) is 0 Å². The minimum absolute atomic E-state index is 0.231. The average Bonchev–Trinajstić information content (AvgIpc) is 3.18. The Morgan fingerprint density at radius 3 is 1.76 bits per heavy atom. The first-order valence-electron chi connectivity index (χ1n) is 17.2. The van der Waals surface area contributed by atoms with Gasteiger partial charge in [0.1, 0.15) is 30.2 Å². The van der Waals surface area contributed by atoms with Crippen LogP contribution in [0.3, 0.4) is 0 Å². The third kappa shape index (κ3) is 8.94. The van der Waals surface area contributed by atoms with Crippen molar-refractivity contribution in [3.05, 3.63) is 172 Å². The van der Waals surface area contributed by atoms with Gasteiger partial charge in [0.05, 0.1) is 26.4 Å². The SMILES string of the molecule is CCOc1ccc(Cc2cc(C3(OC)OC(C=O)C(OCc4ccccc4)C(OCc4ccccc4)[C@H]3OCc3ccccc3)ccc2Cl)cc1. The van der Waals surface area contributed by atoms with Crippen molar-refractivity contribution in [2.45, 2.75) is 63.4 Å². The van der Waals surface area contributed by atoms with Crippen LogP contribution in [0.4, 0.5) is 0 Å². The predicted molar refractivity (Wildman–Crippen MR) is 197 cm³/mol. The molecule has 0 bridgehead atoms. The zero-order chi connectivity index (χ0) is 35.5. The van der Waals surface area contributed by atoms with Gasteiger partial charge >= 0.3 is 0 Å². The molecule has 8 heteroatoms. The second-order valence-electron chi connectivity index (χ2n) is 12.4. The Bertz CT molecular complexity index is 1800. The molecule has 5 aromatic carbocycles. The summed E-state index contributed by atoms with van der Waals surface area (Å²) in [6.45, 7) is 3.27. The van der Waals surface area contributed by atoms with Crippen molar-refractivity contribution >= 4 is 17.9 Å². The van der Waals surface area contributed by atoms with Gasteiger partial charge < -0.3 is 33.2 Å². The van der Waals surface area contributed by atoms with E-state index in [1.165, 1.54) is 0 Å². The monoisotopic (exact) mass is 706 g/mol. The number of rotatable bonds is 16. The highest BCUT2D eigenvalue weighted by Gasteiger charge is 2.58. The van der Waals surface area contributed by atoms with E-state index < -0.39 is 30.2 Å². The molecule has 7 nitrogen and oxygen atoms in total. The first-order valence-corrected chi connectivity index (χ1v) is 17.6. The molecule has 0 radical (unpaired) electrons. The van der Waals surface area contributed by atoms with Gasteiger partial charge in [0.2, 0.25) is 5.79 Å². The maximum atomic E-state index is 13.0. The molecule has 1 saturated heterocycles. The third-order valence-electron chi connectivity index (χ3n) is 8.99. The van der Waals surface area contributed by atoms with Crippen LogP contribution in [0, 0.1) is 0 Å². The van der Waals surface area contributed by atoms with Gasteiger partial charge in [0.15, 0.2) is 6.29 Å². The lowest BCUT2D eigenvalue weighted by molar-refractivity contribution is -0.373. The van der Waals surface area contributed by atoms with E-state index in [1.807, 2.05) is 140 Å². The zero-order valence-electron chi connectivity index (χ0n) is 28.9. The second-order valence-corrected chi connectivity index (χ2v) is 12.8. The summed E-state index contributed by atoms with van der Waals surface area (Å²) in [4.78, 5) is 13.0. The largest absolute Gasteiger partial charge is 0.494 e. The molecule has 0 spiro atoms. The number of hydrogen-bond acceptors (Lipinski definition) is 7. The van der Waals surface area contributed by atoms with Crippen molar-refractivity contribution in [3.8, 4) is 5.75 Å². The van der Waals surface area contributed by atoms with Crippen LogP contribution in [0.1, 0.15) is 40.3 Å². The number of halogens is 1. The number of methoxy groups -OCH3 is 1. The summed E-state index contributed by atoms with van der Waals surface area (Å²) in [6, 6.07) is 43.1. The van der Waals surface area contributed by atoms with Crippen LogP contribution in [-0.2, 0) is 60.5 Å². The highest BCUT2D eigenvalue weighted by atomic mass is 35.5. The minimum Gasteiger partial charge on any atom is -0.494 e. The maximum Gasteiger partial charge on any atom is 0.225 e. The lowest BCUT2D eigenvalue weighted by Gasteiger charge is -2.51. The van der Waals surface area contributed by atoms with Crippen molar-refractivity contribution in [1.29, 1.82) is 0 Å². The number of carbonyl (C=O) groups is 1. The van der Waals surface area contributed by atoms with Crippen molar-refractivity contribution < 1.29 is 33.2 Å². The summed E-state index contributed by atoms with van der Waals surface area (Å²) in [5, 5.41) is 0.587.